The number of nitrogens with zero attached hydrogens (tertiary/aromatic N) is 2. The summed E-state index contributed by atoms with van der Waals surface area (Å²) < 4.78 is 28.8. The first-order chi connectivity index (χ1) is 18.4. The van der Waals surface area contributed by atoms with Crippen molar-refractivity contribution in [3.8, 4) is 0 Å². The van der Waals surface area contributed by atoms with Crippen molar-refractivity contribution in [3.05, 3.63) is 93.5 Å². The predicted octanol–water partition coefficient (Wildman–Crippen LogP) is 5.75. The molecule has 0 aliphatic heterocycles. The number of hydrogen-bond acceptors (Lipinski definition) is 4. The minimum absolute atomic E-state index is 0.0121. The van der Waals surface area contributed by atoms with Gasteiger partial charge in [-0.3, -0.25) is 13.9 Å². The topological polar surface area (TPSA) is 86.8 Å². The van der Waals surface area contributed by atoms with E-state index in [2.05, 4.69) is 5.32 Å². The van der Waals surface area contributed by atoms with Crippen LogP contribution >= 0.6 is 23.2 Å². The molecule has 0 fully saturated rings. The van der Waals surface area contributed by atoms with Crippen molar-refractivity contribution >= 4 is 50.7 Å². The highest BCUT2D eigenvalue weighted by atomic mass is 35.5. The van der Waals surface area contributed by atoms with Gasteiger partial charge in [-0.15, -0.1) is 0 Å². The van der Waals surface area contributed by atoms with Crippen LogP contribution in [0.5, 0.6) is 0 Å². The van der Waals surface area contributed by atoms with Crippen LogP contribution in [0.2, 0.25) is 10.0 Å². The Kier molecular flexibility index (Phi) is 10.4. The van der Waals surface area contributed by atoms with Crippen LogP contribution in [-0.2, 0) is 26.2 Å². The van der Waals surface area contributed by atoms with Gasteiger partial charge in [-0.2, -0.15) is 0 Å². The molecule has 0 saturated heterocycles. The summed E-state index contributed by atoms with van der Waals surface area (Å²) in [6, 6.07) is 17.4. The minimum atomic E-state index is -4.12. The Hall–Kier alpha value is -3.07. The zero-order chi connectivity index (χ0) is 28.7. The van der Waals surface area contributed by atoms with Crippen molar-refractivity contribution in [2.45, 2.75) is 51.6 Å². The summed E-state index contributed by atoms with van der Waals surface area (Å²) in [7, 11) is -4.12. The molecule has 1 N–H and O–H groups in total. The highest BCUT2D eigenvalue weighted by Crippen LogP contribution is 2.27. The Balaban J connectivity index is 2.04. The largest absolute Gasteiger partial charge is 0.354 e. The van der Waals surface area contributed by atoms with Crippen LogP contribution < -0.4 is 9.62 Å². The molecule has 0 radical (unpaired) electrons. The number of nitrogens with one attached hydrogen (secondary N) is 1. The Bertz CT molecular complexity index is 1430. The smallest absolute Gasteiger partial charge is 0.264 e. The Labute approximate surface area is 240 Å². The van der Waals surface area contributed by atoms with Gasteiger partial charge in [-0.25, -0.2) is 8.42 Å². The molecule has 0 unspecified atom stereocenters. The van der Waals surface area contributed by atoms with Gasteiger partial charge in [0.15, 0.2) is 0 Å². The molecule has 1 atom stereocenters. The van der Waals surface area contributed by atoms with Crippen molar-refractivity contribution in [1.29, 1.82) is 0 Å². The molecule has 0 aliphatic carbocycles. The van der Waals surface area contributed by atoms with Crippen LogP contribution in [0.25, 0.3) is 0 Å². The van der Waals surface area contributed by atoms with Gasteiger partial charge in [-0.05, 0) is 74.7 Å². The lowest BCUT2D eigenvalue weighted by Crippen LogP contribution is -2.51. The van der Waals surface area contributed by atoms with E-state index in [-0.39, 0.29) is 17.3 Å². The SMILES string of the molecule is CCCNC(=O)[C@@H](C)N(Cc1ccc(Cl)cc1Cl)C(=O)CN(c1cccc(C)c1)S(=O)(=O)c1ccc(C)cc1. The molecule has 39 heavy (non-hydrogen) atoms. The normalized spacial score (nSPS) is 12.1. The summed E-state index contributed by atoms with van der Waals surface area (Å²) in [4.78, 5) is 28.3. The molecule has 208 valence electrons. The molecule has 3 rings (SSSR count). The van der Waals surface area contributed by atoms with Crippen molar-refractivity contribution in [2.24, 2.45) is 0 Å². The first-order valence-electron chi connectivity index (χ1n) is 12.6. The zero-order valence-corrected chi connectivity index (χ0v) is 24.8. The summed E-state index contributed by atoms with van der Waals surface area (Å²) in [6.45, 7) is 7.16. The fraction of sp³-hybridized carbons (Fsp3) is 0.310. The molecule has 3 aromatic carbocycles. The Morgan fingerprint density at radius 3 is 2.26 bits per heavy atom. The van der Waals surface area contributed by atoms with E-state index in [0.29, 0.717) is 27.8 Å². The molecule has 2 amide bonds. The molecule has 0 aromatic heterocycles. The molecule has 0 heterocycles. The quantitative estimate of drug-likeness (QED) is 0.308. The molecule has 0 bridgehead atoms. The van der Waals surface area contributed by atoms with Crippen LogP contribution in [0, 0.1) is 13.8 Å². The summed E-state index contributed by atoms with van der Waals surface area (Å²) in [6.07, 6.45) is 0.728. The monoisotopic (exact) mass is 589 g/mol. The number of rotatable bonds is 11. The van der Waals surface area contributed by atoms with Crippen molar-refractivity contribution in [1.82, 2.24) is 10.2 Å². The lowest BCUT2D eigenvalue weighted by molar-refractivity contribution is -0.139. The van der Waals surface area contributed by atoms with Crippen molar-refractivity contribution in [2.75, 3.05) is 17.4 Å². The van der Waals surface area contributed by atoms with Gasteiger partial charge in [0.05, 0.1) is 10.6 Å². The predicted molar refractivity (Wildman–Crippen MR) is 157 cm³/mol. The van der Waals surface area contributed by atoms with Gasteiger partial charge < -0.3 is 10.2 Å². The minimum Gasteiger partial charge on any atom is -0.354 e. The molecular formula is C29H33Cl2N3O4S. The standard InChI is InChI=1S/C29H33Cl2N3O4S/c1-5-15-32-29(36)22(4)33(18-23-11-12-24(30)17-27(23)31)28(35)19-34(25-8-6-7-21(3)16-25)39(37,38)26-13-9-20(2)10-14-26/h6-14,16-17,22H,5,15,18-19H2,1-4H3,(H,32,36)/t22-/m1/s1. The summed E-state index contributed by atoms with van der Waals surface area (Å²) >= 11 is 12.5. The maximum Gasteiger partial charge on any atom is 0.264 e. The van der Waals surface area contributed by atoms with E-state index in [0.717, 1.165) is 21.9 Å². The van der Waals surface area contributed by atoms with E-state index in [1.807, 2.05) is 26.8 Å². The zero-order valence-electron chi connectivity index (χ0n) is 22.4. The van der Waals surface area contributed by atoms with Gasteiger partial charge in [-0.1, -0.05) is 66.0 Å². The van der Waals surface area contributed by atoms with Gasteiger partial charge >= 0.3 is 0 Å². The average molecular weight is 591 g/mol. The highest BCUT2D eigenvalue weighted by molar-refractivity contribution is 7.92. The lowest BCUT2D eigenvalue weighted by Gasteiger charge is -2.32. The summed E-state index contributed by atoms with van der Waals surface area (Å²) in [5.41, 5.74) is 2.66. The molecule has 7 nitrogen and oxygen atoms in total. The van der Waals surface area contributed by atoms with E-state index < -0.39 is 28.5 Å². The van der Waals surface area contributed by atoms with E-state index in [4.69, 9.17) is 23.2 Å². The number of sulfonamides is 1. The third-order valence-corrected chi connectivity index (χ3v) is 8.62. The second kappa shape index (κ2) is 13.3. The van der Waals surface area contributed by atoms with Crippen molar-refractivity contribution in [3.63, 3.8) is 0 Å². The van der Waals surface area contributed by atoms with Gasteiger partial charge in [0.1, 0.15) is 12.6 Å². The van der Waals surface area contributed by atoms with Gasteiger partial charge in [0.2, 0.25) is 11.8 Å². The fourth-order valence-corrected chi connectivity index (χ4v) is 5.84. The molecular weight excluding hydrogens is 557 g/mol. The van der Waals surface area contributed by atoms with Crippen molar-refractivity contribution < 1.29 is 18.0 Å². The van der Waals surface area contributed by atoms with E-state index >= 15 is 0 Å². The molecule has 10 heteroatoms. The Morgan fingerprint density at radius 1 is 0.949 bits per heavy atom. The Morgan fingerprint density at radius 2 is 1.64 bits per heavy atom. The third kappa shape index (κ3) is 7.75. The fourth-order valence-electron chi connectivity index (χ4n) is 3.96. The van der Waals surface area contributed by atoms with Crippen LogP contribution in [-0.4, -0.2) is 44.3 Å². The van der Waals surface area contributed by atoms with E-state index in [9.17, 15) is 18.0 Å². The summed E-state index contributed by atoms with van der Waals surface area (Å²) in [5.74, 6) is -0.906. The lowest BCUT2D eigenvalue weighted by atomic mass is 10.1. The van der Waals surface area contributed by atoms with Crippen LogP contribution in [0.3, 0.4) is 0 Å². The number of aryl methyl sites for hydroxylation is 2. The average Bonchev–Trinajstić information content (AvgIpc) is 2.89. The number of halogens is 2. The second-order valence-electron chi connectivity index (χ2n) is 9.39. The highest BCUT2D eigenvalue weighted by Gasteiger charge is 2.32. The first kappa shape index (κ1) is 30.5. The van der Waals surface area contributed by atoms with Crippen LogP contribution in [0.1, 0.15) is 37.0 Å². The van der Waals surface area contributed by atoms with Crippen LogP contribution in [0.4, 0.5) is 5.69 Å². The van der Waals surface area contributed by atoms with Crippen LogP contribution in [0.15, 0.2) is 71.6 Å². The molecule has 0 aliphatic rings. The second-order valence-corrected chi connectivity index (χ2v) is 12.1. The van der Waals surface area contributed by atoms with Gasteiger partial charge in [0.25, 0.3) is 10.0 Å². The number of anilines is 1. The third-order valence-electron chi connectivity index (χ3n) is 6.25. The van der Waals surface area contributed by atoms with E-state index in [1.54, 1.807) is 55.5 Å². The maximum atomic E-state index is 13.9. The molecule has 0 saturated carbocycles. The number of carbonyl (C=O) groups is 2. The number of hydrogen-bond donors (Lipinski definition) is 1. The number of benzene rings is 3. The summed E-state index contributed by atoms with van der Waals surface area (Å²) in [5, 5.41) is 3.58. The maximum absolute atomic E-state index is 13.9. The number of carbonyl (C=O) groups excluding carboxylic acids is 2. The first-order valence-corrected chi connectivity index (χ1v) is 14.8. The van der Waals surface area contributed by atoms with E-state index in [1.165, 1.54) is 17.0 Å². The molecule has 3 aromatic rings. The molecule has 0 spiro atoms. The van der Waals surface area contributed by atoms with Gasteiger partial charge in [0, 0.05) is 23.1 Å². The number of amides is 2.